The summed E-state index contributed by atoms with van der Waals surface area (Å²) in [5.41, 5.74) is 7.22. The van der Waals surface area contributed by atoms with Crippen molar-refractivity contribution in [1.82, 2.24) is 4.98 Å². The third-order valence-electron chi connectivity index (χ3n) is 8.19. The first-order valence-corrected chi connectivity index (χ1v) is 14.5. The summed E-state index contributed by atoms with van der Waals surface area (Å²) in [5, 5.41) is 3.61. The van der Waals surface area contributed by atoms with Crippen LogP contribution in [-0.4, -0.2) is 16.7 Å². The highest BCUT2D eigenvalue weighted by Crippen LogP contribution is 2.47. The number of para-hydroxylation sites is 2. The summed E-state index contributed by atoms with van der Waals surface area (Å²) < 4.78 is 0. The summed E-state index contributed by atoms with van der Waals surface area (Å²) in [6, 6.07) is 29.4. The molecule has 0 unspecified atom stereocenters. The molecule has 1 N–H and O–H groups in total. The normalized spacial score (nSPS) is 18.7. The van der Waals surface area contributed by atoms with Gasteiger partial charge < -0.3 is 5.32 Å². The van der Waals surface area contributed by atoms with E-state index in [2.05, 4.69) is 55.3 Å². The molecular weight excluding hydrogens is 518 g/mol. The van der Waals surface area contributed by atoms with Crippen LogP contribution < -0.4 is 10.2 Å². The number of carbonyl (C=O) groups is 2. The van der Waals surface area contributed by atoms with Gasteiger partial charge in [-0.25, -0.2) is 0 Å². The van der Waals surface area contributed by atoms with Gasteiger partial charge in [-0.1, -0.05) is 93.6 Å². The smallest absolute Gasteiger partial charge is 0.251 e. The Hall–Kier alpha value is -4.77. The molecule has 0 fully saturated rings. The van der Waals surface area contributed by atoms with Gasteiger partial charge in [0, 0.05) is 36.2 Å². The number of allylic oxidation sites excluding steroid dienone is 1. The Morgan fingerprint density at radius 1 is 0.881 bits per heavy atom. The fourth-order valence-corrected chi connectivity index (χ4v) is 5.99. The van der Waals surface area contributed by atoms with Crippen molar-refractivity contribution in [3.63, 3.8) is 0 Å². The number of carbonyl (C=O) groups excluding carboxylic acids is 2. The number of fused-ring (bicyclic) bond motifs is 1. The minimum atomic E-state index is -0.616. The van der Waals surface area contributed by atoms with Gasteiger partial charge >= 0.3 is 0 Å². The Labute approximate surface area is 247 Å². The van der Waals surface area contributed by atoms with Gasteiger partial charge in [0.15, 0.2) is 5.78 Å². The van der Waals surface area contributed by atoms with Crippen LogP contribution in [0.1, 0.15) is 67.8 Å². The van der Waals surface area contributed by atoms with E-state index in [9.17, 15) is 9.59 Å². The van der Waals surface area contributed by atoms with Gasteiger partial charge in [-0.05, 0) is 64.3 Å². The topological polar surface area (TPSA) is 62.3 Å². The molecule has 0 saturated carbocycles. The molecule has 1 amide bonds. The third kappa shape index (κ3) is 5.42. The summed E-state index contributed by atoms with van der Waals surface area (Å²) in [6.07, 6.45) is 7.93. The average molecular weight is 554 g/mol. The Bertz CT molecular complexity index is 1670. The standard InChI is InChI=1S/C37H35N3O2/c1-37(2,3)29-18-16-26(17-19-29)28-22-31-35(33(41)23-28)36(27-12-9-21-38-24-27)40(32-14-8-7-13-30(32)39-31)34(42)20-15-25-10-5-4-6-11-25/h4-21,24,28,36,39H,22-23H2,1-3H3/b20-15+/t28-,36+/m0/s1. The van der Waals surface area contributed by atoms with Crippen LogP contribution in [0.15, 0.2) is 121 Å². The van der Waals surface area contributed by atoms with Crippen molar-refractivity contribution in [3.8, 4) is 0 Å². The molecule has 0 spiro atoms. The van der Waals surface area contributed by atoms with Crippen LogP contribution in [-0.2, 0) is 15.0 Å². The number of Topliss-reactive ketones (excluding diaryl/α,β-unsaturated/α-hetero) is 1. The third-order valence-corrected chi connectivity index (χ3v) is 8.19. The van der Waals surface area contributed by atoms with Gasteiger partial charge in [0.2, 0.25) is 0 Å². The average Bonchev–Trinajstić information content (AvgIpc) is 3.15. The highest BCUT2D eigenvalue weighted by Gasteiger charge is 2.41. The predicted octanol–water partition coefficient (Wildman–Crippen LogP) is 7.99. The van der Waals surface area contributed by atoms with Crippen LogP contribution in [0.5, 0.6) is 0 Å². The van der Waals surface area contributed by atoms with Gasteiger partial charge in [-0.15, -0.1) is 0 Å². The molecule has 2 aliphatic rings. The maximum atomic E-state index is 14.2. The van der Waals surface area contributed by atoms with E-state index in [-0.39, 0.29) is 23.0 Å². The first kappa shape index (κ1) is 27.4. The fraction of sp³-hybridized carbons (Fsp3) is 0.216. The van der Waals surface area contributed by atoms with Crippen LogP contribution >= 0.6 is 0 Å². The molecule has 0 radical (unpaired) electrons. The number of nitrogens with one attached hydrogen (secondary N) is 1. The molecular formula is C37H35N3O2. The predicted molar refractivity (Wildman–Crippen MR) is 169 cm³/mol. The lowest BCUT2D eigenvalue weighted by molar-refractivity contribution is -0.116. The van der Waals surface area contributed by atoms with E-state index in [0.717, 1.165) is 33.8 Å². The summed E-state index contributed by atoms with van der Waals surface area (Å²) >= 11 is 0. The zero-order valence-corrected chi connectivity index (χ0v) is 24.2. The number of nitrogens with zero attached hydrogens (tertiary/aromatic N) is 2. The largest absolute Gasteiger partial charge is 0.357 e. The molecule has 1 aliphatic carbocycles. The molecule has 2 atom stereocenters. The molecule has 2 heterocycles. The fourth-order valence-electron chi connectivity index (χ4n) is 5.99. The number of ketones is 1. The van der Waals surface area contributed by atoms with Gasteiger partial charge in [0.1, 0.15) is 0 Å². The maximum Gasteiger partial charge on any atom is 0.251 e. The van der Waals surface area contributed by atoms with E-state index in [1.807, 2.05) is 72.8 Å². The van der Waals surface area contributed by atoms with Crippen LogP contribution in [0.4, 0.5) is 11.4 Å². The number of hydrogen-bond donors (Lipinski definition) is 1. The molecule has 3 aromatic carbocycles. The molecule has 4 aromatic rings. The van der Waals surface area contributed by atoms with Gasteiger partial charge in [0.05, 0.1) is 17.4 Å². The van der Waals surface area contributed by atoms with Crippen molar-refractivity contribution >= 4 is 29.1 Å². The lowest BCUT2D eigenvalue weighted by Gasteiger charge is -2.34. The molecule has 1 aromatic heterocycles. The SMILES string of the molecule is CC(C)(C)c1ccc([C@@H]2CC(=O)C3=C(C2)Nc2ccccc2N(C(=O)/C=C/c2ccccc2)[C@@H]3c2cccnc2)cc1. The first-order chi connectivity index (χ1) is 20.3. The van der Waals surface area contributed by atoms with Crippen molar-refractivity contribution in [2.45, 2.75) is 51.0 Å². The zero-order valence-electron chi connectivity index (χ0n) is 24.2. The van der Waals surface area contributed by atoms with Crippen LogP contribution in [0.2, 0.25) is 0 Å². The molecule has 210 valence electrons. The Morgan fingerprint density at radius 2 is 1.62 bits per heavy atom. The minimum absolute atomic E-state index is 0.0414. The number of benzene rings is 3. The lowest BCUT2D eigenvalue weighted by Crippen LogP contribution is -2.37. The number of hydrogen-bond acceptors (Lipinski definition) is 4. The van der Waals surface area contributed by atoms with Crippen LogP contribution in [0.3, 0.4) is 0 Å². The lowest BCUT2D eigenvalue weighted by atomic mass is 9.77. The summed E-state index contributed by atoms with van der Waals surface area (Å²) in [4.78, 5) is 34.4. The summed E-state index contributed by atoms with van der Waals surface area (Å²) in [7, 11) is 0. The molecule has 0 saturated heterocycles. The van der Waals surface area contributed by atoms with E-state index in [0.29, 0.717) is 18.4 Å². The summed E-state index contributed by atoms with van der Waals surface area (Å²) in [6.45, 7) is 6.62. The quantitative estimate of drug-likeness (QED) is 0.260. The van der Waals surface area contributed by atoms with Gasteiger partial charge in [-0.3, -0.25) is 19.5 Å². The van der Waals surface area contributed by atoms with Gasteiger partial charge in [-0.2, -0.15) is 0 Å². The highest BCUT2D eigenvalue weighted by atomic mass is 16.2. The maximum absolute atomic E-state index is 14.2. The monoisotopic (exact) mass is 553 g/mol. The van der Waals surface area contributed by atoms with E-state index in [1.165, 1.54) is 5.56 Å². The highest BCUT2D eigenvalue weighted by molar-refractivity contribution is 6.10. The number of amides is 1. The van der Waals surface area contributed by atoms with Crippen LogP contribution in [0.25, 0.3) is 6.08 Å². The summed E-state index contributed by atoms with van der Waals surface area (Å²) in [5.74, 6) is -0.122. The second-order valence-electron chi connectivity index (χ2n) is 12.1. The molecule has 0 bridgehead atoms. The number of anilines is 2. The first-order valence-electron chi connectivity index (χ1n) is 14.5. The van der Waals surface area contributed by atoms with Gasteiger partial charge in [0.25, 0.3) is 5.91 Å². The zero-order chi connectivity index (χ0) is 29.3. The number of pyridine rings is 1. The Morgan fingerprint density at radius 3 is 2.33 bits per heavy atom. The second-order valence-corrected chi connectivity index (χ2v) is 12.1. The minimum Gasteiger partial charge on any atom is -0.357 e. The molecule has 5 nitrogen and oxygen atoms in total. The van der Waals surface area contributed by atoms with E-state index in [4.69, 9.17) is 0 Å². The van der Waals surface area contributed by atoms with Crippen molar-refractivity contribution in [1.29, 1.82) is 0 Å². The number of aromatic nitrogens is 1. The van der Waals surface area contributed by atoms with E-state index in [1.54, 1.807) is 23.4 Å². The van der Waals surface area contributed by atoms with Crippen molar-refractivity contribution in [3.05, 3.63) is 143 Å². The molecule has 5 heteroatoms. The Kier molecular flexibility index (Phi) is 7.34. The van der Waals surface area contributed by atoms with Crippen molar-refractivity contribution in [2.75, 3.05) is 10.2 Å². The molecule has 42 heavy (non-hydrogen) atoms. The number of rotatable bonds is 4. The molecule has 6 rings (SSSR count). The van der Waals surface area contributed by atoms with Crippen molar-refractivity contribution in [2.24, 2.45) is 0 Å². The second kappa shape index (κ2) is 11.2. The van der Waals surface area contributed by atoms with Crippen LogP contribution in [0, 0.1) is 0 Å². The Balaban J connectivity index is 1.45. The van der Waals surface area contributed by atoms with Crippen molar-refractivity contribution < 1.29 is 9.59 Å². The van der Waals surface area contributed by atoms with E-state index >= 15 is 0 Å². The van der Waals surface area contributed by atoms with E-state index < -0.39 is 6.04 Å². The molecule has 1 aliphatic heterocycles.